The van der Waals surface area contributed by atoms with Gasteiger partial charge >= 0.3 is 0 Å². The summed E-state index contributed by atoms with van der Waals surface area (Å²) in [6, 6.07) is 0.895. The van der Waals surface area contributed by atoms with E-state index in [2.05, 4.69) is 25.7 Å². The fraction of sp³-hybridized carbons (Fsp3) is 0.375. The average molecular weight is 270 g/mol. The zero-order valence-electron chi connectivity index (χ0n) is 7.23. The molecule has 1 rings (SSSR count). The summed E-state index contributed by atoms with van der Waals surface area (Å²) in [5.41, 5.74) is -0.772. The molecule has 1 aromatic rings. The molecule has 1 aromatic heterocycles. The fourth-order valence-corrected chi connectivity index (χ4v) is 1.30. The second-order valence-electron chi connectivity index (χ2n) is 2.45. The molecule has 0 N–H and O–H groups in total. The first-order valence-electron chi connectivity index (χ1n) is 3.67. The van der Waals surface area contributed by atoms with E-state index in [1.807, 2.05) is 0 Å². The molecule has 0 fully saturated rings. The highest BCUT2D eigenvalue weighted by molar-refractivity contribution is 9.08. The monoisotopic (exact) mass is 269 g/mol. The van der Waals surface area contributed by atoms with Crippen LogP contribution in [0.25, 0.3) is 0 Å². The molecule has 0 aromatic carbocycles. The maximum atomic E-state index is 13.2. The third kappa shape index (κ3) is 2.17. The number of aromatic nitrogens is 1. The van der Waals surface area contributed by atoms with Gasteiger partial charge in [-0.25, -0.2) is 18.2 Å². The summed E-state index contributed by atoms with van der Waals surface area (Å²) in [7, 11) is 1.29. The zero-order valence-corrected chi connectivity index (χ0v) is 8.82. The second-order valence-corrected chi connectivity index (χ2v) is 3.01. The number of hydrogen-bond acceptors (Lipinski definition) is 2. The van der Waals surface area contributed by atoms with E-state index in [1.165, 1.54) is 7.11 Å². The van der Waals surface area contributed by atoms with Gasteiger partial charge in [0.15, 0.2) is 5.82 Å². The van der Waals surface area contributed by atoms with Crippen molar-refractivity contribution in [3.63, 3.8) is 0 Å². The van der Waals surface area contributed by atoms with E-state index in [0.29, 0.717) is 0 Å². The third-order valence-electron chi connectivity index (χ3n) is 1.60. The number of hydrogen-bond donors (Lipinski definition) is 0. The number of alkyl halides is 3. The van der Waals surface area contributed by atoms with Crippen molar-refractivity contribution in [1.29, 1.82) is 0 Å². The summed E-state index contributed by atoms with van der Waals surface area (Å²) < 4.78 is 42.5. The van der Waals surface area contributed by atoms with Gasteiger partial charge in [-0.05, 0) is 0 Å². The number of rotatable bonds is 3. The van der Waals surface area contributed by atoms with Crippen molar-refractivity contribution >= 4 is 15.9 Å². The van der Waals surface area contributed by atoms with Gasteiger partial charge in [-0.1, -0.05) is 15.9 Å². The molecule has 0 spiro atoms. The molecule has 0 atom stereocenters. The van der Waals surface area contributed by atoms with E-state index in [0.717, 1.165) is 6.07 Å². The maximum absolute atomic E-state index is 13.2. The first-order valence-corrected chi connectivity index (χ1v) is 4.79. The summed E-state index contributed by atoms with van der Waals surface area (Å²) in [6.45, 7) is 0. The van der Waals surface area contributed by atoms with Crippen LogP contribution in [0.4, 0.5) is 13.2 Å². The Balaban J connectivity index is 3.27. The molecular weight excluding hydrogens is 263 g/mol. The predicted molar refractivity (Wildman–Crippen MR) is 48.3 cm³/mol. The van der Waals surface area contributed by atoms with E-state index in [9.17, 15) is 13.2 Å². The van der Waals surface area contributed by atoms with Gasteiger partial charge in [-0.15, -0.1) is 0 Å². The summed E-state index contributed by atoms with van der Waals surface area (Å²) in [5, 5.41) is 0.0652. The normalized spacial score (nSPS) is 10.7. The topological polar surface area (TPSA) is 22.1 Å². The Labute approximate surface area is 87.2 Å². The third-order valence-corrected chi connectivity index (χ3v) is 2.13. The smallest absolute Gasteiger partial charge is 0.266 e. The molecular formula is C8H7BrF3NO. The molecule has 14 heavy (non-hydrogen) atoms. The molecule has 0 bridgehead atoms. The summed E-state index contributed by atoms with van der Waals surface area (Å²) in [6.07, 6.45) is -2.87. The van der Waals surface area contributed by atoms with Gasteiger partial charge in [-0.2, -0.15) is 0 Å². The Kier molecular flexibility index (Phi) is 3.74. The van der Waals surface area contributed by atoms with Gasteiger partial charge in [0.1, 0.15) is 0 Å². The Morgan fingerprint density at radius 3 is 2.64 bits per heavy atom. The molecule has 0 amide bonds. The lowest BCUT2D eigenvalue weighted by Crippen LogP contribution is -2.01. The molecule has 0 aliphatic carbocycles. The van der Waals surface area contributed by atoms with Gasteiger partial charge < -0.3 is 4.74 Å². The minimum absolute atomic E-state index is 0.0175. The molecule has 2 nitrogen and oxygen atoms in total. The number of halogens is 4. The molecule has 78 valence electrons. The lowest BCUT2D eigenvalue weighted by Gasteiger charge is -2.07. The maximum Gasteiger partial charge on any atom is 0.266 e. The van der Waals surface area contributed by atoms with Crippen molar-refractivity contribution in [3.05, 3.63) is 23.1 Å². The summed E-state index contributed by atoms with van der Waals surface area (Å²) >= 11 is 2.95. The van der Waals surface area contributed by atoms with Gasteiger partial charge in [0.05, 0.1) is 18.4 Å². The van der Waals surface area contributed by atoms with E-state index >= 15 is 0 Å². The van der Waals surface area contributed by atoms with E-state index in [-0.39, 0.29) is 16.9 Å². The van der Waals surface area contributed by atoms with Crippen molar-refractivity contribution in [3.8, 4) is 5.88 Å². The number of methoxy groups -OCH3 is 1. The van der Waals surface area contributed by atoms with Crippen molar-refractivity contribution in [2.45, 2.75) is 11.8 Å². The molecule has 0 saturated heterocycles. The van der Waals surface area contributed by atoms with Gasteiger partial charge in [0.2, 0.25) is 5.88 Å². The van der Waals surface area contributed by atoms with Crippen LogP contribution in [0.3, 0.4) is 0 Å². The number of nitrogens with zero attached hydrogens (tertiary/aromatic N) is 1. The van der Waals surface area contributed by atoms with Crippen LogP contribution in [0.2, 0.25) is 0 Å². The van der Waals surface area contributed by atoms with Crippen LogP contribution >= 0.6 is 15.9 Å². The van der Waals surface area contributed by atoms with Crippen molar-refractivity contribution < 1.29 is 17.9 Å². The van der Waals surface area contributed by atoms with Crippen LogP contribution in [-0.4, -0.2) is 12.1 Å². The van der Waals surface area contributed by atoms with Gasteiger partial charge in [0.25, 0.3) is 6.43 Å². The zero-order chi connectivity index (χ0) is 10.7. The van der Waals surface area contributed by atoms with Crippen LogP contribution in [0.5, 0.6) is 5.88 Å². The Bertz CT molecular complexity index is 333. The van der Waals surface area contributed by atoms with Crippen molar-refractivity contribution in [2.24, 2.45) is 0 Å². The second kappa shape index (κ2) is 4.63. The van der Waals surface area contributed by atoms with Gasteiger partial charge in [0, 0.05) is 11.4 Å². The highest BCUT2D eigenvalue weighted by Crippen LogP contribution is 2.27. The van der Waals surface area contributed by atoms with Gasteiger partial charge in [-0.3, -0.25) is 0 Å². The van der Waals surface area contributed by atoms with Crippen LogP contribution in [0, 0.1) is 5.82 Å². The number of ether oxygens (including phenoxy) is 1. The van der Waals surface area contributed by atoms with Crippen LogP contribution < -0.4 is 4.74 Å². The lowest BCUT2D eigenvalue weighted by atomic mass is 10.2. The lowest BCUT2D eigenvalue weighted by molar-refractivity contribution is 0.145. The van der Waals surface area contributed by atoms with E-state index in [4.69, 9.17) is 0 Å². The average Bonchev–Trinajstić information content (AvgIpc) is 2.17. The molecule has 0 aliphatic heterocycles. The van der Waals surface area contributed by atoms with Crippen molar-refractivity contribution in [2.75, 3.05) is 7.11 Å². The first kappa shape index (κ1) is 11.3. The molecule has 0 unspecified atom stereocenters. The SMILES string of the molecule is COc1cc(C(F)F)c(F)c(CBr)n1. The molecule has 1 heterocycles. The first-order chi connectivity index (χ1) is 6.60. The molecule has 0 radical (unpaired) electrons. The molecule has 6 heteroatoms. The fourth-order valence-electron chi connectivity index (χ4n) is 0.929. The Hall–Kier alpha value is -0.780. The standard InChI is InChI=1S/C8H7BrF3NO/c1-14-6-2-4(8(11)12)7(10)5(3-9)13-6/h2,8H,3H2,1H3. The van der Waals surface area contributed by atoms with E-state index in [1.54, 1.807) is 0 Å². The minimum Gasteiger partial charge on any atom is -0.481 e. The summed E-state index contributed by atoms with van der Waals surface area (Å²) in [4.78, 5) is 3.67. The quantitative estimate of drug-likeness (QED) is 0.787. The van der Waals surface area contributed by atoms with Crippen molar-refractivity contribution in [1.82, 2.24) is 4.98 Å². The Morgan fingerprint density at radius 1 is 1.57 bits per heavy atom. The number of pyridine rings is 1. The van der Waals surface area contributed by atoms with E-state index < -0.39 is 17.8 Å². The molecule has 0 aliphatic rings. The highest BCUT2D eigenvalue weighted by atomic mass is 79.9. The van der Waals surface area contributed by atoms with Crippen LogP contribution in [-0.2, 0) is 5.33 Å². The predicted octanol–water partition coefficient (Wildman–Crippen LogP) is 3.06. The summed E-state index contributed by atoms with van der Waals surface area (Å²) in [5.74, 6) is -1.01. The Morgan fingerprint density at radius 2 is 2.21 bits per heavy atom. The van der Waals surface area contributed by atoms with Crippen LogP contribution in [0.1, 0.15) is 17.7 Å². The van der Waals surface area contributed by atoms with Crippen LogP contribution in [0.15, 0.2) is 6.07 Å². The highest BCUT2D eigenvalue weighted by Gasteiger charge is 2.19. The largest absolute Gasteiger partial charge is 0.481 e. The molecule has 0 saturated carbocycles. The minimum atomic E-state index is -2.87.